The van der Waals surface area contributed by atoms with Crippen LogP contribution in [-0.4, -0.2) is 32.0 Å². The second kappa shape index (κ2) is 8.03. The molecular weight excluding hydrogens is 326 g/mol. The molecule has 1 aromatic carbocycles. The van der Waals surface area contributed by atoms with Crippen molar-refractivity contribution in [3.63, 3.8) is 0 Å². The minimum Gasteiger partial charge on any atom is -0.286 e. The van der Waals surface area contributed by atoms with Crippen molar-refractivity contribution in [2.45, 2.75) is 19.9 Å². The van der Waals surface area contributed by atoms with Gasteiger partial charge >= 0.3 is 0 Å². The van der Waals surface area contributed by atoms with E-state index in [0.717, 1.165) is 11.3 Å². The molecular formula is C17H22N3O3S+. The van der Waals surface area contributed by atoms with Gasteiger partial charge in [0, 0.05) is 31.2 Å². The van der Waals surface area contributed by atoms with Gasteiger partial charge in [-0.15, -0.1) is 0 Å². The fraction of sp³-hybridized carbons (Fsp3) is 0.294. The van der Waals surface area contributed by atoms with E-state index < -0.39 is 10.1 Å². The molecule has 0 amide bonds. The van der Waals surface area contributed by atoms with Gasteiger partial charge in [-0.05, 0) is 19.1 Å². The van der Waals surface area contributed by atoms with Crippen LogP contribution in [0.4, 0.5) is 5.69 Å². The zero-order valence-electron chi connectivity index (χ0n) is 13.8. The summed E-state index contributed by atoms with van der Waals surface area (Å²) in [4.78, 5) is 0. The second-order valence-electron chi connectivity index (χ2n) is 5.61. The SMILES string of the molecule is Cc1ccc(N(C)/N=C/c2cc[n+](CCCS(=O)(=O)O)cc2)cc1. The maximum Gasteiger partial charge on any atom is 0.265 e. The number of hydrogen-bond donors (Lipinski definition) is 1. The fourth-order valence-electron chi connectivity index (χ4n) is 2.11. The standard InChI is InChI=1S/C17H21N3O3S/c1-15-4-6-17(7-5-15)19(2)18-14-16-8-11-20(12-9-16)10-3-13-24(21,22)23/h4-9,11-12,14H,3,10,13H2,1-2H3/p+1. The van der Waals surface area contributed by atoms with Crippen LogP contribution in [0.15, 0.2) is 53.9 Å². The zero-order chi connectivity index (χ0) is 17.6. The first-order valence-corrected chi connectivity index (χ1v) is 9.23. The third-order valence-corrected chi connectivity index (χ3v) is 4.33. The van der Waals surface area contributed by atoms with Crippen molar-refractivity contribution in [3.05, 3.63) is 59.9 Å². The molecule has 24 heavy (non-hydrogen) atoms. The number of aryl methyl sites for hydroxylation is 2. The van der Waals surface area contributed by atoms with Gasteiger partial charge < -0.3 is 0 Å². The van der Waals surface area contributed by atoms with Gasteiger partial charge in [0.1, 0.15) is 6.54 Å². The summed E-state index contributed by atoms with van der Waals surface area (Å²) in [5.41, 5.74) is 3.16. The summed E-state index contributed by atoms with van der Waals surface area (Å²) in [5.74, 6) is -0.232. The number of hydrazone groups is 1. The Labute approximate surface area is 142 Å². The topological polar surface area (TPSA) is 73.8 Å². The molecule has 7 heteroatoms. The highest BCUT2D eigenvalue weighted by atomic mass is 32.2. The van der Waals surface area contributed by atoms with Gasteiger partial charge in [0.25, 0.3) is 10.1 Å². The lowest BCUT2D eigenvalue weighted by Gasteiger charge is -2.12. The first kappa shape index (κ1) is 18.1. The number of benzene rings is 1. The number of hydrogen-bond acceptors (Lipinski definition) is 4. The van der Waals surface area contributed by atoms with E-state index in [-0.39, 0.29) is 5.75 Å². The van der Waals surface area contributed by atoms with Gasteiger partial charge in [-0.1, -0.05) is 17.7 Å². The van der Waals surface area contributed by atoms with Crippen molar-refractivity contribution in [1.29, 1.82) is 0 Å². The monoisotopic (exact) mass is 348 g/mol. The van der Waals surface area contributed by atoms with Crippen LogP contribution < -0.4 is 9.58 Å². The largest absolute Gasteiger partial charge is 0.286 e. The van der Waals surface area contributed by atoms with Crippen molar-refractivity contribution in [1.82, 2.24) is 0 Å². The van der Waals surface area contributed by atoms with E-state index in [1.807, 2.05) is 67.3 Å². The number of rotatable bonds is 7. The molecule has 0 bridgehead atoms. The normalized spacial score (nSPS) is 11.8. The van der Waals surface area contributed by atoms with Crippen molar-refractivity contribution in [2.24, 2.45) is 5.10 Å². The summed E-state index contributed by atoms with van der Waals surface area (Å²) in [6.07, 6.45) is 5.85. The van der Waals surface area contributed by atoms with Gasteiger partial charge in [-0.3, -0.25) is 9.56 Å². The van der Waals surface area contributed by atoms with E-state index in [1.165, 1.54) is 5.56 Å². The Bertz CT molecular complexity index is 785. The van der Waals surface area contributed by atoms with Crippen LogP contribution in [0.5, 0.6) is 0 Å². The molecule has 1 N–H and O–H groups in total. The van der Waals surface area contributed by atoms with E-state index >= 15 is 0 Å². The average Bonchev–Trinajstić information content (AvgIpc) is 2.53. The smallest absolute Gasteiger partial charge is 0.265 e. The summed E-state index contributed by atoms with van der Waals surface area (Å²) in [6, 6.07) is 11.9. The number of pyridine rings is 1. The summed E-state index contributed by atoms with van der Waals surface area (Å²) in [6.45, 7) is 2.57. The Hall–Kier alpha value is -2.25. The Morgan fingerprint density at radius 3 is 2.38 bits per heavy atom. The van der Waals surface area contributed by atoms with Gasteiger partial charge in [-0.25, -0.2) is 4.57 Å². The molecule has 0 saturated heterocycles. The molecule has 0 saturated carbocycles. The van der Waals surface area contributed by atoms with Crippen molar-refractivity contribution < 1.29 is 17.5 Å². The second-order valence-corrected chi connectivity index (χ2v) is 7.18. The van der Waals surface area contributed by atoms with E-state index in [9.17, 15) is 8.42 Å². The molecule has 2 aromatic rings. The Morgan fingerprint density at radius 2 is 1.79 bits per heavy atom. The summed E-state index contributed by atoms with van der Waals surface area (Å²) in [7, 11) is -2.00. The predicted molar refractivity (Wildman–Crippen MR) is 94.8 cm³/mol. The molecule has 0 aliphatic carbocycles. The Kier molecular flexibility index (Phi) is 6.05. The molecule has 1 aromatic heterocycles. The Morgan fingerprint density at radius 1 is 1.17 bits per heavy atom. The predicted octanol–water partition coefficient (Wildman–Crippen LogP) is 2.03. The van der Waals surface area contributed by atoms with E-state index in [2.05, 4.69) is 5.10 Å². The molecule has 1 heterocycles. The van der Waals surface area contributed by atoms with Crippen molar-refractivity contribution >= 4 is 22.0 Å². The first-order chi connectivity index (χ1) is 11.3. The third-order valence-electron chi connectivity index (χ3n) is 3.52. The Balaban J connectivity index is 1.92. The molecule has 0 spiro atoms. The lowest BCUT2D eigenvalue weighted by molar-refractivity contribution is -0.696. The number of anilines is 1. The molecule has 0 fully saturated rings. The van der Waals surface area contributed by atoms with Crippen LogP contribution in [-0.2, 0) is 16.7 Å². The summed E-state index contributed by atoms with van der Waals surface area (Å²) >= 11 is 0. The molecule has 0 radical (unpaired) electrons. The summed E-state index contributed by atoms with van der Waals surface area (Å²) in [5, 5.41) is 6.20. The minimum atomic E-state index is -3.89. The molecule has 0 atom stereocenters. The number of nitrogens with zero attached hydrogens (tertiary/aromatic N) is 3. The van der Waals surface area contributed by atoms with Crippen LogP contribution in [0.25, 0.3) is 0 Å². The van der Waals surface area contributed by atoms with E-state index in [0.29, 0.717) is 13.0 Å². The lowest BCUT2D eigenvalue weighted by Crippen LogP contribution is -2.33. The molecule has 0 aliphatic heterocycles. The van der Waals surface area contributed by atoms with Gasteiger partial charge in [0.15, 0.2) is 12.4 Å². The highest BCUT2D eigenvalue weighted by molar-refractivity contribution is 7.85. The highest BCUT2D eigenvalue weighted by Gasteiger charge is 2.07. The molecule has 0 aliphatic rings. The fourth-order valence-corrected chi connectivity index (χ4v) is 2.61. The molecule has 2 rings (SSSR count). The van der Waals surface area contributed by atoms with Crippen molar-refractivity contribution in [3.8, 4) is 0 Å². The maximum absolute atomic E-state index is 10.7. The highest BCUT2D eigenvalue weighted by Crippen LogP contribution is 2.13. The molecule has 0 unspecified atom stereocenters. The summed E-state index contributed by atoms with van der Waals surface area (Å²) < 4.78 is 31.9. The van der Waals surface area contributed by atoms with Crippen LogP contribution in [0.3, 0.4) is 0 Å². The van der Waals surface area contributed by atoms with Crippen LogP contribution in [0, 0.1) is 6.92 Å². The van der Waals surface area contributed by atoms with Gasteiger partial charge in [-0.2, -0.15) is 13.5 Å². The van der Waals surface area contributed by atoms with Gasteiger partial charge in [0.05, 0.1) is 17.7 Å². The average molecular weight is 348 g/mol. The van der Waals surface area contributed by atoms with Crippen LogP contribution >= 0.6 is 0 Å². The van der Waals surface area contributed by atoms with Crippen LogP contribution in [0.1, 0.15) is 17.5 Å². The minimum absolute atomic E-state index is 0.232. The third kappa shape index (κ3) is 6.10. The van der Waals surface area contributed by atoms with Crippen LogP contribution in [0.2, 0.25) is 0 Å². The van der Waals surface area contributed by atoms with Crippen molar-refractivity contribution in [2.75, 3.05) is 17.8 Å². The first-order valence-electron chi connectivity index (χ1n) is 7.62. The molecule has 128 valence electrons. The van der Waals surface area contributed by atoms with Gasteiger partial charge in [0.2, 0.25) is 0 Å². The number of aromatic nitrogens is 1. The lowest BCUT2D eigenvalue weighted by atomic mass is 10.2. The quantitative estimate of drug-likeness (QED) is 0.360. The molecule has 6 nitrogen and oxygen atoms in total. The maximum atomic E-state index is 10.7. The van der Waals surface area contributed by atoms with E-state index in [1.54, 1.807) is 11.2 Å². The zero-order valence-corrected chi connectivity index (χ0v) is 14.6. The van der Waals surface area contributed by atoms with E-state index in [4.69, 9.17) is 4.55 Å².